The molecule has 1 aliphatic carbocycles. The highest BCUT2D eigenvalue weighted by Crippen LogP contribution is 2.22. The molecule has 1 aromatic heterocycles. The van der Waals surface area contributed by atoms with Crippen LogP contribution in [0, 0.1) is 0 Å². The Morgan fingerprint density at radius 2 is 2.13 bits per heavy atom. The summed E-state index contributed by atoms with van der Waals surface area (Å²) in [7, 11) is 0. The lowest BCUT2D eigenvalue weighted by atomic mass is 9.98. The van der Waals surface area contributed by atoms with Crippen LogP contribution in [0.1, 0.15) is 37.4 Å². The molecule has 1 aliphatic rings. The minimum absolute atomic E-state index is 1.21. The molecule has 0 fully saturated rings. The summed E-state index contributed by atoms with van der Waals surface area (Å²) in [5.74, 6) is 2.58. The number of thioether (sulfide) groups is 1. The van der Waals surface area contributed by atoms with Gasteiger partial charge in [0.15, 0.2) is 0 Å². The van der Waals surface area contributed by atoms with Gasteiger partial charge in [-0.2, -0.15) is 11.8 Å². The molecule has 1 aromatic rings. The minimum Gasteiger partial charge on any atom is -0.350 e. The zero-order chi connectivity index (χ0) is 10.5. The standard InChI is InChI=1S/C13H21NS/c1-2-10-15-11-9-14-8-7-12-5-3-4-6-13(12)14/h7-8H,2-6,9-11H2,1H3. The number of hydrogen-bond acceptors (Lipinski definition) is 1. The maximum atomic E-state index is 2.48. The van der Waals surface area contributed by atoms with Crippen molar-refractivity contribution in [2.24, 2.45) is 0 Å². The van der Waals surface area contributed by atoms with E-state index in [0.29, 0.717) is 0 Å². The van der Waals surface area contributed by atoms with Crippen molar-refractivity contribution in [1.82, 2.24) is 4.57 Å². The summed E-state index contributed by atoms with van der Waals surface area (Å²) in [5.41, 5.74) is 3.24. The third-order valence-corrected chi connectivity index (χ3v) is 4.28. The SMILES string of the molecule is CCCSCCn1ccc2c1CCCC2. The lowest BCUT2D eigenvalue weighted by molar-refractivity contribution is 0.624. The fourth-order valence-corrected chi connectivity index (χ4v) is 3.13. The highest BCUT2D eigenvalue weighted by atomic mass is 32.2. The van der Waals surface area contributed by atoms with Crippen molar-refractivity contribution in [3.05, 3.63) is 23.5 Å². The quantitative estimate of drug-likeness (QED) is 0.692. The topological polar surface area (TPSA) is 4.93 Å². The molecule has 2 heteroatoms. The van der Waals surface area contributed by atoms with Crippen LogP contribution in [0.15, 0.2) is 12.3 Å². The molecule has 84 valence electrons. The van der Waals surface area contributed by atoms with E-state index in [-0.39, 0.29) is 0 Å². The van der Waals surface area contributed by atoms with Crippen molar-refractivity contribution < 1.29 is 0 Å². The predicted octanol–water partition coefficient (Wildman–Crippen LogP) is 3.51. The molecule has 0 N–H and O–H groups in total. The van der Waals surface area contributed by atoms with Crippen LogP contribution in [-0.4, -0.2) is 16.1 Å². The normalized spacial score (nSPS) is 15.3. The van der Waals surface area contributed by atoms with Gasteiger partial charge < -0.3 is 4.57 Å². The largest absolute Gasteiger partial charge is 0.350 e. The van der Waals surface area contributed by atoms with Crippen LogP contribution in [-0.2, 0) is 19.4 Å². The molecule has 2 rings (SSSR count). The zero-order valence-corrected chi connectivity index (χ0v) is 10.5. The molecular formula is C13H21NS. The Bertz CT molecular complexity index is 303. The first-order valence-electron chi connectivity index (χ1n) is 6.16. The van der Waals surface area contributed by atoms with Crippen LogP contribution >= 0.6 is 11.8 Å². The third kappa shape index (κ3) is 2.81. The number of hydrogen-bond donors (Lipinski definition) is 0. The van der Waals surface area contributed by atoms with Gasteiger partial charge in [0.1, 0.15) is 0 Å². The Morgan fingerprint density at radius 1 is 1.27 bits per heavy atom. The number of aryl methyl sites for hydroxylation is 2. The Labute approximate surface area is 97.3 Å². The molecule has 0 atom stereocenters. The molecule has 15 heavy (non-hydrogen) atoms. The van der Waals surface area contributed by atoms with Crippen molar-refractivity contribution >= 4 is 11.8 Å². The van der Waals surface area contributed by atoms with Gasteiger partial charge in [0.25, 0.3) is 0 Å². The number of rotatable bonds is 5. The molecule has 0 radical (unpaired) electrons. The summed E-state index contributed by atoms with van der Waals surface area (Å²) in [6.07, 6.45) is 8.99. The lowest BCUT2D eigenvalue weighted by Crippen LogP contribution is -2.09. The second-order valence-electron chi connectivity index (χ2n) is 4.30. The van der Waals surface area contributed by atoms with Gasteiger partial charge in [0.05, 0.1) is 0 Å². The minimum atomic E-state index is 1.21. The molecule has 0 amide bonds. The van der Waals surface area contributed by atoms with Gasteiger partial charge in [-0.3, -0.25) is 0 Å². The second-order valence-corrected chi connectivity index (χ2v) is 5.53. The fourth-order valence-electron chi connectivity index (χ4n) is 2.31. The first kappa shape index (κ1) is 11.1. The van der Waals surface area contributed by atoms with Gasteiger partial charge in [-0.15, -0.1) is 0 Å². The first-order valence-corrected chi connectivity index (χ1v) is 7.32. The summed E-state index contributed by atoms with van der Waals surface area (Å²) in [6, 6.07) is 2.33. The molecule has 1 nitrogen and oxygen atoms in total. The van der Waals surface area contributed by atoms with E-state index in [1.54, 1.807) is 11.3 Å². The van der Waals surface area contributed by atoms with Gasteiger partial charge in [-0.1, -0.05) is 6.92 Å². The average molecular weight is 223 g/mol. The Kier molecular flexibility index (Phi) is 4.18. The maximum Gasteiger partial charge on any atom is 0.0313 e. The molecule has 0 bridgehead atoms. The average Bonchev–Trinajstić information content (AvgIpc) is 2.68. The summed E-state index contributed by atoms with van der Waals surface area (Å²) >= 11 is 2.08. The van der Waals surface area contributed by atoms with Crippen molar-refractivity contribution in [2.75, 3.05) is 11.5 Å². The smallest absolute Gasteiger partial charge is 0.0313 e. The summed E-state index contributed by atoms with van der Waals surface area (Å²) in [6.45, 7) is 3.46. The van der Waals surface area contributed by atoms with Crippen molar-refractivity contribution in [3.63, 3.8) is 0 Å². The van der Waals surface area contributed by atoms with Crippen LogP contribution in [0.2, 0.25) is 0 Å². The second kappa shape index (κ2) is 5.64. The highest BCUT2D eigenvalue weighted by Gasteiger charge is 2.12. The number of fused-ring (bicyclic) bond motifs is 1. The predicted molar refractivity (Wildman–Crippen MR) is 68.7 cm³/mol. The maximum absolute atomic E-state index is 2.48. The Hall–Kier alpha value is -0.370. The van der Waals surface area contributed by atoms with Crippen LogP contribution in [0.25, 0.3) is 0 Å². The highest BCUT2D eigenvalue weighted by molar-refractivity contribution is 7.99. The van der Waals surface area contributed by atoms with E-state index in [2.05, 4.69) is 35.5 Å². The molecule has 0 unspecified atom stereocenters. The molecule has 0 saturated heterocycles. The number of aromatic nitrogens is 1. The van der Waals surface area contributed by atoms with E-state index in [9.17, 15) is 0 Å². The molecule has 0 aromatic carbocycles. The Balaban J connectivity index is 1.88. The summed E-state index contributed by atoms with van der Waals surface area (Å²) in [4.78, 5) is 0. The number of nitrogens with zero attached hydrogens (tertiary/aromatic N) is 1. The van der Waals surface area contributed by atoms with Crippen LogP contribution in [0.4, 0.5) is 0 Å². The lowest BCUT2D eigenvalue weighted by Gasteiger charge is -2.15. The van der Waals surface area contributed by atoms with Crippen molar-refractivity contribution in [1.29, 1.82) is 0 Å². The van der Waals surface area contributed by atoms with E-state index in [4.69, 9.17) is 0 Å². The molecule has 0 saturated carbocycles. The zero-order valence-electron chi connectivity index (χ0n) is 9.67. The fraction of sp³-hybridized carbons (Fsp3) is 0.692. The van der Waals surface area contributed by atoms with Crippen LogP contribution in [0.3, 0.4) is 0 Å². The molecular weight excluding hydrogens is 202 g/mol. The summed E-state index contributed by atoms with van der Waals surface area (Å²) < 4.78 is 2.48. The van der Waals surface area contributed by atoms with Crippen molar-refractivity contribution in [3.8, 4) is 0 Å². The molecule has 0 aliphatic heterocycles. The van der Waals surface area contributed by atoms with Crippen LogP contribution < -0.4 is 0 Å². The van der Waals surface area contributed by atoms with E-state index < -0.39 is 0 Å². The van der Waals surface area contributed by atoms with E-state index in [1.165, 1.54) is 50.2 Å². The summed E-state index contributed by atoms with van der Waals surface area (Å²) in [5, 5.41) is 0. The Morgan fingerprint density at radius 3 is 3.00 bits per heavy atom. The van der Waals surface area contributed by atoms with Gasteiger partial charge >= 0.3 is 0 Å². The van der Waals surface area contributed by atoms with Crippen LogP contribution in [0.5, 0.6) is 0 Å². The van der Waals surface area contributed by atoms with Gasteiger partial charge in [-0.25, -0.2) is 0 Å². The van der Waals surface area contributed by atoms with Gasteiger partial charge in [0, 0.05) is 24.2 Å². The molecule has 1 heterocycles. The van der Waals surface area contributed by atoms with Gasteiger partial charge in [0.2, 0.25) is 0 Å². The van der Waals surface area contributed by atoms with Gasteiger partial charge in [-0.05, 0) is 49.5 Å². The van der Waals surface area contributed by atoms with E-state index in [1.807, 2.05) is 0 Å². The monoisotopic (exact) mass is 223 g/mol. The van der Waals surface area contributed by atoms with Crippen molar-refractivity contribution in [2.45, 2.75) is 45.6 Å². The van der Waals surface area contributed by atoms with E-state index in [0.717, 1.165) is 0 Å². The van der Waals surface area contributed by atoms with E-state index >= 15 is 0 Å². The molecule has 0 spiro atoms. The first-order chi connectivity index (χ1) is 7.42. The third-order valence-electron chi connectivity index (χ3n) is 3.11.